The number of nitrogens with zero attached hydrogens (tertiary/aromatic N) is 2. The zero-order valence-corrected chi connectivity index (χ0v) is 7.34. The van der Waals surface area contributed by atoms with E-state index in [9.17, 15) is 4.79 Å². The van der Waals surface area contributed by atoms with Gasteiger partial charge in [0.1, 0.15) is 6.33 Å². The second-order valence-corrected chi connectivity index (χ2v) is 2.75. The number of carbonyl (C=O) groups is 1. The van der Waals surface area contributed by atoms with Crippen LogP contribution in [0.15, 0.2) is 36.8 Å². The van der Waals surface area contributed by atoms with Crippen molar-refractivity contribution < 1.29 is 4.79 Å². The third-order valence-electron chi connectivity index (χ3n) is 1.83. The van der Waals surface area contributed by atoms with Crippen molar-refractivity contribution in [3.05, 3.63) is 48.4 Å². The molecule has 0 N–H and O–H groups in total. The second kappa shape index (κ2) is 3.79. The maximum atomic E-state index is 10.5. The second-order valence-electron chi connectivity index (χ2n) is 2.75. The Bertz CT molecular complexity index is 440. The highest BCUT2D eigenvalue weighted by atomic mass is 16.1. The molecule has 3 nitrogen and oxygen atoms in total. The van der Waals surface area contributed by atoms with Gasteiger partial charge < -0.3 is 0 Å². The molecule has 1 radical (unpaired) electrons. The molecule has 14 heavy (non-hydrogen) atoms. The first-order valence-electron chi connectivity index (χ1n) is 4.13. The van der Waals surface area contributed by atoms with E-state index in [2.05, 4.69) is 16.0 Å². The monoisotopic (exact) mass is 183 g/mol. The van der Waals surface area contributed by atoms with E-state index >= 15 is 0 Å². The van der Waals surface area contributed by atoms with Crippen LogP contribution in [-0.2, 0) is 0 Å². The van der Waals surface area contributed by atoms with Crippen LogP contribution < -0.4 is 0 Å². The van der Waals surface area contributed by atoms with E-state index in [-0.39, 0.29) is 0 Å². The third kappa shape index (κ3) is 1.66. The van der Waals surface area contributed by atoms with E-state index in [0.717, 1.165) is 17.5 Å². The van der Waals surface area contributed by atoms with Gasteiger partial charge in [-0.2, -0.15) is 0 Å². The summed E-state index contributed by atoms with van der Waals surface area (Å²) in [5.41, 5.74) is 2.23. The van der Waals surface area contributed by atoms with Crippen molar-refractivity contribution in [3.8, 4) is 11.3 Å². The van der Waals surface area contributed by atoms with E-state index in [0.29, 0.717) is 5.56 Å². The van der Waals surface area contributed by atoms with Gasteiger partial charge in [-0.15, -0.1) is 0 Å². The molecule has 0 aliphatic heterocycles. The highest BCUT2D eigenvalue weighted by molar-refractivity contribution is 5.77. The molecule has 0 bridgehead atoms. The van der Waals surface area contributed by atoms with E-state index in [1.165, 1.54) is 6.33 Å². The van der Waals surface area contributed by atoms with Crippen LogP contribution in [0.5, 0.6) is 0 Å². The van der Waals surface area contributed by atoms with Crippen molar-refractivity contribution in [1.82, 2.24) is 9.97 Å². The molecule has 0 saturated heterocycles. The Hall–Kier alpha value is -2.03. The van der Waals surface area contributed by atoms with Crippen molar-refractivity contribution in [3.63, 3.8) is 0 Å². The first-order chi connectivity index (χ1) is 6.90. The molecule has 0 aliphatic rings. The van der Waals surface area contributed by atoms with Crippen LogP contribution in [0.25, 0.3) is 11.3 Å². The molecule has 1 aromatic heterocycles. The van der Waals surface area contributed by atoms with Gasteiger partial charge in [-0.25, -0.2) is 9.97 Å². The number of aromatic nitrogens is 2. The average Bonchev–Trinajstić information content (AvgIpc) is 2.30. The number of hydrogen-bond acceptors (Lipinski definition) is 3. The third-order valence-corrected chi connectivity index (χ3v) is 1.83. The number of benzene rings is 1. The van der Waals surface area contributed by atoms with Gasteiger partial charge in [-0.05, 0) is 18.2 Å². The van der Waals surface area contributed by atoms with Crippen molar-refractivity contribution in [1.29, 1.82) is 0 Å². The molecule has 0 spiro atoms. The van der Waals surface area contributed by atoms with Gasteiger partial charge in [0, 0.05) is 17.3 Å². The van der Waals surface area contributed by atoms with Crippen LogP contribution in [0.4, 0.5) is 0 Å². The van der Waals surface area contributed by atoms with Crippen molar-refractivity contribution in [2.24, 2.45) is 0 Å². The Morgan fingerprint density at radius 1 is 1.36 bits per heavy atom. The van der Waals surface area contributed by atoms with Crippen molar-refractivity contribution >= 4 is 6.29 Å². The molecular formula is C11H7N2O. The maximum absolute atomic E-state index is 10.5. The molecule has 2 aromatic rings. The lowest BCUT2D eigenvalue weighted by molar-refractivity contribution is 0.112. The molecule has 0 saturated carbocycles. The normalized spacial score (nSPS) is 9.71. The molecule has 3 heteroatoms. The zero-order chi connectivity index (χ0) is 9.80. The van der Waals surface area contributed by atoms with Crippen LogP contribution >= 0.6 is 0 Å². The van der Waals surface area contributed by atoms with Gasteiger partial charge in [-0.1, -0.05) is 12.1 Å². The Balaban J connectivity index is 2.47. The summed E-state index contributed by atoms with van der Waals surface area (Å²) in [7, 11) is 0. The summed E-state index contributed by atoms with van der Waals surface area (Å²) < 4.78 is 0. The van der Waals surface area contributed by atoms with Gasteiger partial charge in [0.2, 0.25) is 0 Å². The van der Waals surface area contributed by atoms with Gasteiger partial charge in [-0.3, -0.25) is 4.79 Å². The van der Waals surface area contributed by atoms with Crippen molar-refractivity contribution in [2.75, 3.05) is 0 Å². The van der Waals surface area contributed by atoms with Gasteiger partial charge in [0.05, 0.1) is 5.69 Å². The Labute approximate surface area is 81.5 Å². The average molecular weight is 183 g/mol. The molecule has 1 heterocycles. The summed E-state index contributed by atoms with van der Waals surface area (Å²) in [5.74, 6) is 0. The summed E-state index contributed by atoms with van der Waals surface area (Å²) in [6.45, 7) is 0. The van der Waals surface area contributed by atoms with E-state index in [1.54, 1.807) is 24.4 Å². The summed E-state index contributed by atoms with van der Waals surface area (Å²) in [4.78, 5) is 18.4. The Kier molecular flexibility index (Phi) is 2.32. The first kappa shape index (κ1) is 8.56. The summed E-state index contributed by atoms with van der Waals surface area (Å²) in [5, 5.41) is 0. The fourth-order valence-corrected chi connectivity index (χ4v) is 1.17. The highest BCUT2D eigenvalue weighted by Crippen LogP contribution is 2.15. The summed E-state index contributed by atoms with van der Waals surface area (Å²) in [6.07, 6.45) is 3.91. The Morgan fingerprint density at radius 2 is 2.29 bits per heavy atom. The standard InChI is InChI=1S/C11H7N2O/c14-7-9-2-1-3-10(6-9)11-4-5-12-8-13-11/h1,3-8H. The molecule has 0 aliphatic carbocycles. The lowest BCUT2D eigenvalue weighted by Crippen LogP contribution is -1.86. The van der Waals surface area contributed by atoms with Crippen LogP contribution in [0.2, 0.25) is 0 Å². The van der Waals surface area contributed by atoms with E-state index < -0.39 is 0 Å². The lowest BCUT2D eigenvalue weighted by Gasteiger charge is -1.99. The van der Waals surface area contributed by atoms with Gasteiger partial charge in [0.15, 0.2) is 6.29 Å². The molecule has 0 amide bonds. The number of hydrogen-bond donors (Lipinski definition) is 0. The minimum atomic E-state index is 0.529. The fourth-order valence-electron chi connectivity index (χ4n) is 1.17. The number of rotatable bonds is 2. The fraction of sp³-hybridized carbons (Fsp3) is 0. The molecule has 1 aromatic carbocycles. The van der Waals surface area contributed by atoms with E-state index in [4.69, 9.17) is 0 Å². The van der Waals surface area contributed by atoms with Crippen LogP contribution in [0.1, 0.15) is 10.4 Å². The molecule has 0 fully saturated rings. The topological polar surface area (TPSA) is 42.9 Å². The molecule has 0 unspecified atom stereocenters. The lowest BCUT2D eigenvalue weighted by atomic mass is 10.1. The molecule has 67 valence electrons. The molecule has 0 atom stereocenters. The zero-order valence-electron chi connectivity index (χ0n) is 7.34. The van der Waals surface area contributed by atoms with Crippen LogP contribution in [0.3, 0.4) is 0 Å². The van der Waals surface area contributed by atoms with Crippen LogP contribution in [0, 0.1) is 6.07 Å². The highest BCUT2D eigenvalue weighted by Gasteiger charge is 1.98. The van der Waals surface area contributed by atoms with Gasteiger partial charge in [0.25, 0.3) is 0 Å². The van der Waals surface area contributed by atoms with E-state index in [1.807, 2.05) is 6.07 Å². The van der Waals surface area contributed by atoms with Crippen LogP contribution in [-0.4, -0.2) is 16.3 Å². The summed E-state index contributed by atoms with van der Waals surface area (Å²) >= 11 is 0. The van der Waals surface area contributed by atoms with Gasteiger partial charge >= 0.3 is 0 Å². The number of carbonyl (C=O) groups excluding carboxylic acids is 1. The smallest absolute Gasteiger partial charge is 0.150 e. The predicted molar refractivity (Wildman–Crippen MR) is 51.7 cm³/mol. The molecular weight excluding hydrogens is 176 g/mol. The number of aldehydes is 1. The minimum Gasteiger partial charge on any atom is -0.298 e. The van der Waals surface area contributed by atoms with Crippen molar-refractivity contribution in [2.45, 2.75) is 0 Å². The quantitative estimate of drug-likeness (QED) is 0.666. The SMILES string of the molecule is O=Cc1[c]ccc(-c2ccncn2)c1. The summed E-state index contributed by atoms with van der Waals surface area (Å²) in [6, 6.07) is 9.92. The minimum absolute atomic E-state index is 0.529. The maximum Gasteiger partial charge on any atom is 0.150 e. The molecule has 2 rings (SSSR count). The Morgan fingerprint density at radius 3 is 3.00 bits per heavy atom. The predicted octanol–water partition coefficient (Wildman–Crippen LogP) is 1.76. The first-order valence-corrected chi connectivity index (χ1v) is 4.13. The largest absolute Gasteiger partial charge is 0.298 e.